The number of ether oxygens (including phenoxy) is 1. The Morgan fingerprint density at radius 1 is 1.14 bits per heavy atom. The van der Waals surface area contributed by atoms with E-state index >= 15 is 0 Å². The van der Waals surface area contributed by atoms with Crippen molar-refractivity contribution in [2.75, 3.05) is 39.8 Å². The number of nitrogens with zero attached hydrogens (tertiary/aromatic N) is 2. The molecule has 28 heavy (non-hydrogen) atoms. The van der Waals surface area contributed by atoms with Gasteiger partial charge in [-0.05, 0) is 37.2 Å². The van der Waals surface area contributed by atoms with Gasteiger partial charge in [-0.25, -0.2) is 0 Å². The van der Waals surface area contributed by atoms with Crippen molar-refractivity contribution in [3.63, 3.8) is 0 Å². The molecule has 0 spiro atoms. The molecule has 3 unspecified atom stereocenters. The maximum atomic E-state index is 6.02. The standard InChI is InChI=1S/C23H36N4O/c1-24-23(26-21-11-13-27(17-21)16-18-7-5-6-8-18)25-15-20-12-14-28-22(20)19-9-3-2-4-10-19/h2-4,9-10,18,20-22H,5-8,11-17H2,1H3,(H2,24,25,26). The molecule has 5 nitrogen and oxygen atoms in total. The van der Waals surface area contributed by atoms with Gasteiger partial charge in [-0.15, -0.1) is 0 Å². The summed E-state index contributed by atoms with van der Waals surface area (Å²) < 4.78 is 6.02. The summed E-state index contributed by atoms with van der Waals surface area (Å²) >= 11 is 0. The van der Waals surface area contributed by atoms with Crippen molar-refractivity contribution in [1.82, 2.24) is 15.5 Å². The first kappa shape index (κ1) is 19.7. The van der Waals surface area contributed by atoms with Gasteiger partial charge in [-0.3, -0.25) is 4.99 Å². The fraction of sp³-hybridized carbons (Fsp3) is 0.696. The summed E-state index contributed by atoms with van der Waals surface area (Å²) in [7, 11) is 1.88. The first-order valence-electron chi connectivity index (χ1n) is 11.2. The maximum Gasteiger partial charge on any atom is 0.191 e. The van der Waals surface area contributed by atoms with Crippen LogP contribution in [0.15, 0.2) is 35.3 Å². The number of hydrogen-bond donors (Lipinski definition) is 2. The van der Waals surface area contributed by atoms with E-state index in [9.17, 15) is 0 Å². The van der Waals surface area contributed by atoms with E-state index in [4.69, 9.17) is 4.74 Å². The fourth-order valence-electron chi connectivity index (χ4n) is 5.14. The normalized spacial score (nSPS) is 29.5. The third kappa shape index (κ3) is 5.06. The largest absolute Gasteiger partial charge is 0.373 e. The van der Waals surface area contributed by atoms with Gasteiger partial charge in [0.05, 0.1) is 6.10 Å². The molecule has 2 N–H and O–H groups in total. The van der Waals surface area contributed by atoms with Gasteiger partial charge in [0.1, 0.15) is 0 Å². The Labute approximate surface area is 169 Å². The van der Waals surface area contributed by atoms with E-state index in [0.717, 1.165) is 38.0 Å². The molecule has 1 aromatic carbocycles. The van der Waals surface area contributed by atoms with Crippen molar-refractivity contribution in [1.29, 1.82) is 0 Å². The lowest BCUT2D eigenvalue weighted by Crippen LogP contribution is -2.46. The van der Waals surface area contributed by atoms with Crippen molar-refractivity contribution in [2.24, 2.45) is 16.8 Å². The lowest BCUT2D eigenvalue weighted by molar-refractivity contribution is 0.0915. The van der Waals surface area contributed by atoms with E-state index in [0.29, 0.717) is 12.0 Å². The Morgan fingerprint density at radius 2 is 1.96 bits per heavy atom. The van der Waals surface area contributed by atoms with Gasteiger partial charge in [0.25, 0.3) is 0 Å². The first-order chi connectivity index (χ1) is 13.8. The van der Waals surface area contributed by atoms with Crippen LogP contribution >= 0.6 is 0 Å². The van der Waals surface area contributed by atoms with E-state index in [1.807, 2.05) is 7.05 Å². The molecular weight excluding hydrogens is 348 g/mol. The zero-order chi connectivity index (χ0) is 19.2. The lowest BCUT2D eigenvalue weighted by atomic mass is 9.95. The molecule has 1 saturated carbocycles. The van der Waals surface area contributed by atoms with E-state index in [1.165, 1.54) is 50.8 Å². The van der Waals surface area contributed by atoms with Crippen molar-refractivity contribution in [3.05, 3.63) is 35.9 Å². The maximum absolute atomic E-state index is 6.02. The number of guanidine groups is 1. The third-order valence-corrected chi connectivity index (χ3v) is 6.70. The van der Waals surface area contributed by atoms with Gasteiger partial charge in [0.15, 0.2) is 5.96 Å². The van der Waals surface area contributed by atoms with Gasteiger partial charge >= 0.3 is 0 Å². The summed E-state index contributed by atoms with van der Waals surface area (Å²) in [5.74, 6) is 2.36. The summed E-state index contributed by atoms with van der Waals surface area (Å²) in [6.07, 6.45) is 8.25. The molecule has 0 bridgehead atoms. The zero-order valence-corrected chi connectivity index (χ0v) is 17.3. The molecular formula is C23H36N4O. The topological polar surface area (TPSA) is 48.9 Å². The van der Waals surface area contributed by atoms with Crippen molar-refractivity contribution in [2.45, 2.75) is 50.7 Å². The van der Waals surface area contributed by atoms with E-state index < -0.39 is 0 Å². The number of likely N-dealkylation sites (tertiary alicyclic amines) is 1. The molecule has 1 aliphatic carbocycles. The molecule has 0 amide bonds. The summed E-state index contributed by atoms with van der Waals surface area (Å²) in [6.45, 7) is 5.41. The van der Waals surface area contributed by atoms with Crippen LogP contribution in [0.2, 0.25) is 0 Å². The highest BCUT2D eigenvalue weighted by Gasteiger charge is 2.30. The van der Waals surface area contributed by atoms with Crippen LogP contribution in [0.4, 0.5) is 0 Å². The predicted molar refractivity (Wildman–Crippen MR) is 115 cm³/mol. The summed E-state index contributed by atoms with van der Waals surface area (Å²) in [4.78, 5) is 7.12. The second kappa shape index (κ2) is 9.75. The third-order valence-electron chi connectivity index (χ3n) is 6.70. The Morgan fingerprint density at radius 3 is 2.75 bits per heavy atom. The Kier molecular flexibility index (Phi) is 6.86. The average molecular weight is 385 g/mol. The SMILES string of the molecule is CN=C(NCC1CCOC1c1ccccc1)NC1CCN(CC2CCCC2)C1. The Balaban J connectivity index is 1.23. The molecule has 2 heterocycles. The molecule has 0 radical (unpaired) electrons. The van der Waals surface area contributed by atoms with Crippen molar-refractivity contribution in [3.8, 4) is 0 Å². The van der Waals surface area contributed by atoms with Crippen LogP contribution in [0.1, 0.15) is 50.2 Å². The Bertz CT molecular complexity index is 629. The quantitative estimate of drug-likeness (QED) is 0.584. The number of hydrogen-bond acceptors (Lipinski definition) is 3. The number of nitrogens with one attached hydrogen (secondary N) is 2. The van der Waals surface area contributed by atoms with Crippen LogP contribution < -0.4 is 10.6 Å². The predicted octanol–water partition coefficient (Wildman–Crippen LogP) is 3.19. The van der Waals surface area contributed by atoms with Crippen LogP contribution in [0, 0.1) is 11.8 Å². The highest BCUT2D eigenvalue weighted by molar-refractivity contribution is 5.80. The molecule has 4 rings (SSSR count). The zero-order valence-electron chi connectivity index (χ0n) is 17.3. The number of benzene rings is 1. The Hall–Kier alpha value is -1.59. The lowest BCUT2D eigenvalue weighted by Gasteiger charge is -2.23. The minimum atomic E-state index is 0.195. The minimum Gasteiger partial charge on any atom is -0.373 e. The van der Waals surface area contributed by atoms with E-state index in [-0.39, 0.29) is 6.10 Å². The summed E-state index contributed by atoms with van der Waals surface area (Å²) in [6, 6.07) is 11.1. The van der Waals surface area contributed by atoms with Crippen molar-refractivity contribution >= 4 is 5.96 Å². The molecule has 154 valence electrons. The van der Waals surface area contributed by atoms with Crippen LogP contribution in [0.5, 0.6) is 0 Å². The van der Waals surface area contributed by atoms with Gasteiger partial charge in [0, 0.05) is 51.8 Å². The molecule has 2 saturated heterocycles. The highest BCUT2D eigenvalue weighted by atomic mass is 16.5. The van der Waals surface area contributed by atoms with Crippen molar-refractivity contribution < 1.29 is 4.74 Å². The fourth-order valence-corrected chi connectivity index (χ4v) is 5.14. The van der Waals surface area contributed by atoms with Gasteiger partial charge < -0.3 is 20.3 Å². The monoisotopic (exact) mass is 384 g/mol. The molecule has 3 fully saturated rings. The summed E-state index contributed by atoms with van der Waals surface area (Å²) in [5, 5.41) is 7.22. The van der Waals surface area contributed by atoms with Gasteiger partial charge in [-0.1, -0.05) is 43.2 Å². The van der Waals surface area contributed by atoms with Gasteiger partial charge in [0.2, 0.25) is 0 Å². The van der Waals surface area contributed by atoms with E-state index in [1.54, 1.807) is 0 Å². The number of aliphatic imine (C=N–C) groups is 1. The second-order valence-electron chi connectivity index (χ2n) is 8.74. The smallest absolute Gasteiger partial charge is 0.191 e. The molecule has 3 atom stereocenters. The first-order valence-corrected chi connectivity index (χ1v) is 11.2. The minimum absolute atomic E-state index is 0.195. The molecule has 3 aliphatic rings. The second-order valence-corrected chi connectivity index (χ2v) is 8.74. The van der Waals surface area contributed by atoms with Crippen LogP contribution in [0.25, 0.3) is 0 Å². The molecule has 2 aliphatic heterocycles. The number of rotatable bonds is 6. The average Bonchev–Trinajstić information content (AvgIpc) is 3.49. The van der Waals surface area contributed by atoms with Crippen LogP contribution in [0.3, 0.4) is 0 Å². The molecule has 1 aromatic rings. The highest BCUT2D eigenvalue weighted by Crippen LogP contribution is 2.33. The van der Waals surface area contributed by atoms with Crippen LogP contribution in [-0.2, 0) is 4.74 Å². The molecule has 0 aromatic heterocycles. The van der Waals surface area contributed by atoms with Gasteiger partial charge in [-0.2, -0.15) is 0 Å². The van der Waals surface area contributed by atoms with E-state index in [2.05, 4.69) is 50.9 Å². The van der Waals surface area contributed by atoms with Crippen LogP contribution in [-0.4, -0.2) is 56.7 Å². The molecule has 5 heteroatoms. The summed E-state index contributed by atoms with van der Waals surface area (Å²) in [5.41, 5.74) is 1.29.